The molecule has 22 heavy (non-hydrogen) atoms. The maximum absolute atomic E-state index is 4.49. The Balaban J connectivity index is 1.62. The molecule has 0 radical (unpaired) electrons. The standard InChI is InChI=1S/C15H19N7/c1-2-6-16-13-12-18-20-15(19-13)22-10-8-21(9-11-22)14-5-3-4-7-17-14/h2-5,7,12H,1,6,8-11H2,(H,16,19,20). The summed E-state index contributed by atoms with van der Waals surface area (Å²) < 4.78 is 0. The number of rotatable bonds is 5. The van der Waals surface area contributed by atoms with Gasteiger partial charge in [-0.3, -0.25) is 0 Å². The molecule has 0 spiro atoms. The van der Waals surface area contributed by atoms with Crippen LogP contribution in [-0.4, -0.2) is 52.9 Å². The van der Waals surface area contributed by atoms with Crippen molar-refractivity contribution in [1.29, 1.82) is 0 Å². The van der Waals surface area contributed by atoms with Gasteiger partial charge in [0.05, 0.1) is 6.20 Å². The Kier molecular flexibility index (Phi) is 4.43. The molecule has 114 valence electrons. The van der Waals surface area contributed by atoms with E-state index in [9.17, 15) is 0 Å². The number of pyridine rings is 1. The van der Waals surface area contributed by atoms with Gasteiger partial charge in [0, 0.05) is 38.9 Å². The van der Waals surface area contributed by atoms with E-state index in [1.54, 1.807) is 12.3 Å². The third kappa shape index (κ3) is 3.30. The van der Waals surface area contributed by atoms with Crippen molar-refractivity contribution in [2.75, 3.05) is 47.8 Å². The highest BCUT2D eigenvalue weighted by molar-refractivity contribution is 5.43. The summed E-state index contributed by atoms with van der Waals surface area (Å²) in [5, 5.41) is 11.3. The van der Waals surface area contributed by atoms with Crippen molar-refractivity contribution in [3.05, 3.63) is 43.2 Å². The van der Waals surface area contributed by atoms with E-state index in [4.69, 9.17) is 0 Å². The van der Waals surface area contributed by atoms with Crippen LogP contribution in [0.15, 0.2) is 43.2 Å². The van der Waals surface area contributed by atoms with Crippen molar-refractivity contribution in [2.45, 2.75) is 0 Å². The first-order chi connectivity index (χ1) is 10.9. The van der Waals surface area contributed by atoms with Gasteiger partial charge >= 0.3 is 0 Å². The number of anilines is 3. The molecule has 0 bridgehead atoms. The fourth-order valence-corrected chi connectivity index (χ4v) is 2.37. The van der Waals surface area contributed by atoms with Crippen molar-refractivity contribution in [1.82, 2.24) is 20.2 Å². The third-order valence-corrected chi connectivity index (χ3v) is 3.51. The lowest BCUT2D eigenvalue weighted by Crippen LogP contribution is -2.47. The molecule has 1 N–H and O–H groups in total. The summed E-state index contributed by atoms with van der Waals surface area (Å²) in [6, 6.07) is 5.98. The van der Waals surface area contributed by atoms with E-state index >= 15 is 0 Å². The second-order valence-electron chi connectivity index (χ2n) is 4.97. The van der Waals surface area contributed by atoms with Crippen LogP contribution in [0.5, 0.6) is 0 Å². The summed E-state index contributed by atoms with van der Waals surface area (Å²) in [5.74, 6) is 2.40. The summed E-state index contributed by atoms with van der Waals surface area (Å²) >= 11 is 0. The summed E-state index contributed by atoms with van der Waals surface area (Å²) in [4.78, 5) is 13.3. The van der Waals surface area contributed by atoms with Gasteiger partial charge in [0.25, 0.3) is 0 Å². The highest BCUT2D eigenvalue weighted by atomic mass is 15.4. The molecule has 3 heterocycles. The minimum absolute atomic E-state index is 0.658. The minimum atomic E-state index is 0.658. The molecule has 1 aliphatic heterocycles. The van der Waals surface area contributed by atoms with Gasteiger partial charge in [0.2, 0.25) is 5.95 Å². The van der Waals surface area contributed by atoms with Crippen LogP contribution in [0.2, 0.25) is 0 Å². The highest BCUT2D eigenvalue weighted by Gasteiger charge is 2.20. The van der Waals surface area contributed by atoms with Crippen LogP contribution < -0.4 is 15.1 Å². The van der Waals surface area contributed by atoms with E-state index in [0.29, 0.717) is 12.5 Å². The van der Waals surface area contributed by atoms with E-state index in [0.717, 1.165) is 37.8 Å². The van der Waals surface area contributed by atoms with Gasteiger partial charge in [-0.15, -0.1) is 11.7 Å². The van der Waals surface area contributed by atoms with E-state index in [1.807, 2.05) is 24.4 Å². The molecule has 2 aromatic heterocycles. The lowest BCUT2D eigenvalue weighted by Gasteiger charge is -2.35. The Morgan fingerprint density at radius 1 is 1.18 bits per heavy atom. The number of aromatic nitrogens is 4. The van der Waals surface area contributed by atoms with Gasteiger partial charge in [-0.1, -0.05) is 12.1 Å². The van der Waals surface area contributed by atoms with Crippen LogP contribution in [0.1, 0.15) is 0 Å². The van der Waals surface area contributed by atoms with Gasteiger partial charge in [-0.25, -0.2) is 4.98 Å². The van der Waals surface area contributed by atoms with Crippen LogP contribution in [0.25, 0.3) is 0 Å². The van der Waals surface area contributed by atoms with Crippen LogP contribution in [0.4, 0.5) is 17.6 Å². The number of nitrogens with zero attached hydrogens (tertiary/aromatic N) is 6. The lowest BCUT2D eigenvalue weighted by atomic mass is 10.3. The van der Waals surface area contributed by atoms with Gasteiger partial charge in [-0.05, 0) is 12.1 Å². The summed E-state index contributed by atoms with van der Waals surface area (Å²) in [6.07, 6.45) is 5.23. The number of hydrogen-bond acceptors (Lipinski definition) is 7. The van der Waals surface area contributed by atoms with Crippen molar-refractivity contribution in [3.63, 3.8) is 0 Å². The normalized spacial score (nSPS) is 14.7. The second-order valence-corrected chi connectivity index (χ2v) is 4.97. The fraction of sp³-hybridized carbons (Fsp3) is 0.333. The summed E-state index contributed by atoms with van der Waals surface area (Å²) in [7, 11) is 0. The molecule has 1 saturated heterocycles. The molecule has 3 rings (SSSR count). The molecule has 1 aliphatic rings. The lowest BCUT2D eigenvalue weighted by molar-refractivity contribution is 0.630. The van der Waals surface area contributed by atoms with Gasteiger partial charge in [-0.2, -0.15) is 10.1 Å². The molecular formula is C15H19N7. The molecule has 7 heteroatoms. The van der Waals surface area contributed by atoms with E-state index in [2.05, 4.69) is 41.9 Å². The zero-order valence-electron chi connectivity index (χ0n) is 12.4. The molecular weight excluding hydrogens is 278 g/mol. The largest absolute Gasteiger partial charge is 0.365 e. The smallest absolute Gasteiger partial charge is 0.247 e. The van der Waals surface area contributed by atoms with Crippen LogP contribution in [0, 0.1) is 0 Å². The zero-order chi connectivity index (χ0) is 15.2. The van der Waals surface area contributed by atoms with Crippen molar-refractivity contribution < 1.29 is 0 Å². The average Bonchev–Trinajstić information content (AvgIpc) is 2.61. The van der Waals surface area contributed by atoms with Crippen LogP contribution in [-0.2, 0) is 0 Å². The molecule has 0 atom stereocenters. The highest BCUT2D eigenvalue weighted by Crippen LogP contribution is 2.16. The summed E-state index contributed by atoms with van der Waals surface area (Å²) in [5.41, 5.74) is 0. The average molecular weight is 297 g/mol. The first kappa shape index (κ1) is 14.2. The SMILES string of the molecule is C=CCNc1cnnc(N2CCN(c3ccccn3)CC2)n1. The minimum Gasteiger partial charge on any atom is -0.365 e. The molecule has 0 aromatic carbocycles. The maximum atomic E-state index is 4.49. The first-order valence-corrected chi connectivity index (χ1v) is 7.32. The van der Waals surface area contributed by atoms with E-state index < -0.39 is 0 Å². The molecule has 2 aromatic rings. The van der Waals surface area contributed by atoms with Gasteiger partial charge < -0.3 is 15.1 Å². The molecule has 0 saturated carbocycles. The Labute approximate surface area is 129 Å². The molecule has 0 unspecified atom stereocenters. The third-order valence-electron chi connectivity index (χ3n) is 3.51. The first-order valence-electron chi connectivity index (χ1n) is 7.32. The number of hydrogen-bond donors (Lipinski definition) is 1. The van der Waals surface area contributed by atoms with E-state index in [-0.39, 0.29) is 0 Å². The molecule has 7 nitrogen and oxygen atoms in total. The predicted molar refractivity (Wildman–Crippen MR) is 87.2 cm³/mol. The zero-order valence-corrected chi connectivity index (χ0v) is 12.4. The Morgan fingerprint density at radius 2 is 2.00 bits per heavy atom. The predicted octanol–water partition coefficient (Wildman–Crippen LogP) is 1.19. The molecule has 0 aliphatic carbocycles. The van der Waals surface area contributed by atoms with Crippen LogP contribution in [0.3, 0.4) is 0 Å². The second kappa shape index (κ2) is 6.84. The Bertz CT molecular complexity index is 608. The van der Waals surface area contributed by atoms with Crippen LogP contribution >= 0.6 is 0 Å². The quantitative estimate of drug-likeness (QED) is 0.831. The maximum Gasteiger partial charge on any atom is 0.247 e. The van der Waals surface area contributed by atoms with Gasteiger partial charge in [0.1, 0.15) is 5.82 Å². The molecule has 0 amide bonds. The summed E-state index contributed by atoms with van der Waals surface area (Å²) in [6.45, 7) is 7.82. The van der Waals surface area contributed by atoms with Gasteiger partial charge in [0.15, 0.2) is 5.82 Å². The monoisotopic (exact) mass is 297 g/mol. The van der Waals surface area contributed by atoms with Crippen molar-refractivity contribution in [2.24, 2.45) is 0 Å². The number of nitrogens with one attached hydrogen (secondary N) is 1. The fourth-order valence-electron chi connectivity index (χ4n) is 2.37. The van der Waals surface area contributed by atoms with E-state index in [1.165, 1.54) is 0 Å². The van der Waals surface area contributed by atoms with Crippen molar-refractivity contribution in [3.8, 4) is 0 Å². The van der Waals surface area contributed by atoms with Crippen molar-refractivity contribution >= 4 is 17.6 Å². The Morgan fingerprint density at radius 3 is 2.73 bits per heavy atom. The topological polar surface area (TPSA) is 70.1 Å². The Hall–Kier alpha value is -2.70. The number of piperazine rings is 1. The molecule has 1 fully saturated rings.